The second-order valence-corrected chi connectivity index (χ2v) is 16.3. The quantitative estimate of drug-likeness (QED) is 0.323. The predicted octanol–water partition coefficient (Wildman–Crippen LogP) is 3.45. The summed E-state index contributed by atoms with van der Waals surface area (Å²) in [7, 11) is 0. The van der Waals surface area contributed by atoms with Crippen LogP contribution >= 0.6 is 0 Å². The van der Waals surface area contributed by atoms with Gasteiger partial charge in [0.05, 0.1) is 6.04 Å². The van der Waals surface area contributed by atoms with Crippen LogP contribution in [0.4, 0.5) is 4.79 Å². The Balaban J connectivity index is 1.07. The zero-order valence-electron chi connectivity index (χ0n) is 26.4. The van der Waals surface area contributed by atoms with Crippen molar-refractivity contribution in [3.63, 3.8) is 0 Å². The number of hydrogen-bond acceptors (Lipinski definition) is 6. The highest BCUT2D eigenvalue weighted by Crippen LogP contribution is 2.71. The van der Waals surface area contributed by atoms with E-state index in [0.29, 0.717) is 24.3 Å². The van der Waals surface area contributed by atoms with E-state index in [4.69, 9.17) is 10.5 Å². The number of fused-ring (bicyclic) bond motifs is 2. The average molecular weight is 611 g/mol. The maximum absolute atomic E-state index is 14.4. The predicted molar refractivity (Wildman–Crippen MR) is 161 cm³/mol. The maximum atomic E-state index is 14.4. The Hall–Kier alpha value is -2.65. The van der Waals surface area contributed by atoms with Gasteiger partial charge in [0.25, 0.3) is 5.91 Å². The van der Waals surface area contributed by atoms with Crippen LogP contribution in [0.15, 0.2) is 0 Å². The summed E-state index contributed by atoms with van der Waals surface area (Å²) in [6.45, 7) is 4.65. The molecule has 9 atom stereocenters. The normalized spacial score (nSPS) is 37.9. The van der Waals surface area contributed by atoms with E-state index >= 15 is 0 Å². The Labute approximate surface area is 260 Å². The van der Waals surface area contributed by atoms with Crippen molar-refractivity contribution in [2.24, 2.45) is 52.1 Å². The van der Waals surface area contributed by atoms with Gasteiger partial charge in [-0.15, -0.1) is 0 Å². The molecule has 2 bridgehead atoms. The summed E-state index contributed by atoms with van der Waals surface area (Å²) < 4.78 is 6.01. The van der Waals surface area contributed by atoms with E-state index in [1.807, 2.05) is 0 Å². The summed E-state index contributed by atoms with van der Waals surface area (Å²) in [5, 5.41) is 5.87. The lowest BCUT2D eigenvalue weighted by Gasteiger charge is -2.37. The molecule has 1 saturated heterocycles. The molecule has 10 nitrogen and oxygen atoms in total. The number of amides is 4. The van der Waals surface area contributed by atoms with Crippen molar-refractivity contribution in [1.29, 1.82) is 0 Å². The van der Waals surface area contributed by atoms with Crippen LogP contribution in [0.1, 0.15) is 104 Å². The molecule has 4 N–H and O–H groups in total. The lowest BCUT2D eigenvalue weighted by molar-refractivity contribution is -0.144. The number of likely N-dealkylation sites (tertiary alicyclic amines) is 1. The molecule has 6 unspecified atom stereocenters. The van der Waals surface area contributed by atoms with E-state index in [9.17, 15) is 24.0 Å². The number of piperidine rings is 1. The highest BCUT2D eigenvalue weighted by atomic mass is 16.6. The Morgan fingerprint density at radius 2 is 1.68 bits per heavy atom. The monoisotopic (exact) mass is 610 g/mol. The first-order valence-electron chi connectivity index (χ1n) is 17.4. The Morgan fingerprint density at radius 1 is 0.932 bits per heavy atom. The standard InChI is InChI=1S/C34H50N4O6/c1-33(2)23-17-38(27(25(23)33)30(41)36-24(28(39)29(35)40)13-18-7-6-8-18)31(42)26(20-9-4-3-5-10-20)37-32(43)44-22-12-19-11-21-15-34(21,14-19)16-22/h18-27H,3-17H2,1-2H3,(H2,35,40)(H,36,41)(H,37,43)/t19?,21?,22-,23?,24?,25?,26-,27-,34?/m0/s1. The van der Waals surface area contributed by atoms with Gasteiger partial charge in [0, 0.05) is 6.54 Å². The summed E-state index contributed by atoms with van der Waals surface area (Å²) in [6.07, 6.45) is 13.2. The molecule has 242 valence electrons. The van der Waals surface area contributed by atoms with E-state index in [-0.39, 0.29) is 41.1 Å². The van der Waals surface area contributed by atoms with E-state index in [2.05, 4.69) is 24.5 Å². The smallest absolute Gasteiger partial charge is 0.408 e. The van der Waals surface area contributed by atoms with Gasteiger partial charge < -0.3 is 26.0 Å². The molecule has 1 spiro atoms. The number of primary amides is 1. The average Bonchev–Trinajstić information content (AvgIpc) is 3.58. The fourth-order valence-corrected chi connectivity index (χ4v) is 10.5. The Kier molecular flexibility index (Phi) is 7.51. The summed E-state index contributed by atoms with van der Waals surface area (Å²) in [4.78, 5) is 68.0. The third-order valence-electron chi connectivity index (χ3n) is 13.3. The van der Waals surface area contributed by atoms with Crippen molar-refractivity contribution in [3.8, 4) is 0 Å². The zero-order valence-corrected chi connectivity index (χ0v) is 26.4. The van der Waals surface area contributed by atoms with Crippen LogP contribution in [0.2, 0.25) is 0 Å². The highest BCUT2D eigenvalue weighted by Gasteiger charge is 2.70. The molecule has 1 heterocycles. The van der Waals surface area contributed by atoms with Crippen LogP contribution in [-0.2, 0) is 23.9 Å². The molecule has 1 aliphatic heterocycles. The maximum Gasteiger partial charge on any atom is 0.408 e. The molecule has 0 radical (unpaired) electrons. The van der Waals surface area contributed by atoms with Crippen LogP contribution in [0.5, 0.6) is 0 Å². The topological polar surface area (TPSA) is 148 Å². The van der Waals surface area contributed by atoms with Crippen molar-refractivity contribution in [1.82, 2.24) is 15.5 Å². The second-order valence-electron chi connectivity index (χ2n) is 16.3. The molecule has 6 aliphatic carbocycles. The molecule has 0 aromatic rings. The highest BCUT2D eigenvalue weighted by molar-refractivity contribution is 6.37. The number of carbonyl (C=O) groups excluding carboxylic acids is 5. The first kappa shape index (κ1) is 30.0. The molecule has 10 heteroatoms. The molecule has 7 fully saturated rings. The van der Waals surface area contributed by atoms with Crippen LogP contribution in [0.25, 0.3) is 0 Å². The number of ether oxygens (including phenoxy) is 1. The molecule has 44 heavy (non-hydrogen) atoms. The van der Waals surface area contributed by atoms with Crippen LogP contribution < -0.4 is 16.4 Å². The van der Waals surface area contributed by atoms with E-state index in [0.717, 1.165) is 70.1 Å². The van der Waals surface area contributed by atoms with Crippen molar-refractivity contribution in [2.75, 3.05) is 6.54 Å². The van der Waals surface area contributed by atoms with Crippen molar-refractivity contribution in [2.45, 2.75) is 128 Å². The van der Waals surface area contributed by atoms with Gasteiger partial charge in [-0.05, 0) is 97.7 Å². The number of hydrogen-bond donors (Lipinski definition) is 3. The number of nitrogens with zero attached hydrogens (tertiary/aromatic N) is 1. The van der Waals surface area contributed by atoms with Crippen LogP contribution in [-0.4, -0.2) is 65.3 Å². The van der Waals surface area contributed by atoms with E-state index in [1.165, 1.54) is 19.3 Å². The molecular formula is C34H50N4O6. The minimum atomic E-state index is -1.05. The molecule has 0 aromatic carbocycles. The van der Waals surface area contributed by atoms with Crippen molar-refractivity contribution < 1.29 is 28.7 Å². The number of nitrogens with one attached hydrogen (secondary N) is 2. The molecule has 7 rings (SSSR count). The zero-order chi connectivity index (χ0) is 31.0. The SMILES string of the molecule is CC1(C)C2CN(C(=O)[C@@H](NC(=O)O[C@H]3CC4CC5CC5(C4)C3)C3CCCCC3)[C@H](C(=O)NC(CC3CCC3)C(=O)C(N)=O)C21. The number of ketones is 1. The minimum Gasteiger partial charge on any atom is -0.446 e. The van der Waals surface area contributed by atoms with Crippen molar-refractivity contribution >= 4 is 29.6 Å². The van der Waals surface area contributed by atoms with Gasteiger partial charge in [0.2, 0.25) is 17.6 Å². The largest absolute Gasteiger partial charge is 0.446 e. The van der Waals surface area contributed by atoms with Gasteiger partial charge in [-0.1, -0.05) is 52.4 Å². The molecule has 0 aromatic heterocycles. The van der Waals surface area contributed by atoms with Gasteiger partial charge in [-0.3, -0.25) is 19.2 Å². The van der Waals surface area contributed by atoms with Crippen LogP contribution in [0.3, 0.4) is 0 Å². The number of alkyl carbamates (subject to hydrolysis) is 1. The Bertz CT molecular complexity index is 1230. The fourth-order valence-electron chi connectivity index (χ4n) is 10.5. The lowest BCUT2D eigenvalue weighted by Crippen LogP contribution is -2.60. The summed E-state index contributed by atoms with van der Waals surface area (Å²) in [5.41, 5.74) is 5.63. The van der Waals surface area contributed by atoms with Gasteiger partial charge in [-0.2, -0.15) is 0 Å². The van der Waals surface area contributed by atoms with E-state index in [1.54, 1.807) is 4.90 Å². The van der Waals surface area contributed by atoms with Gasteiger partial charge in [-0.25, -0.2) is 4.79 Å². The van der Waals surface area contributed by atoms with Gasteiger partial charge in [0.1, 0.15) is 18.2 Å². The summed E-state index contributed by atoms with van der Waals surface area (Å²) in [6, 6.07) is -2.51. The number of carbonyl (C=O) groups is 5. The second kappa shape index (κ2) is 11.0. The van der Waals surface area contributed by atoms with Gasteiger partial charge in [0.15, 0.2) is 0 Å². The summed E-state index contributed by atoms with van der Waals surface area (Å²) >= 11 is 0. The van der Waals surface area contributed by atoms with Crippen LogP contribution in [0, 0.1) is 46.3 Å². The first-order valence-corrected chi connectivity index (χ1v) is 17.4. The third kappa shape index (κ3) is 5.31. The first-order chi connectivity index (χ1) is 21.0. The number of nitrogens with two attached hydrogens (primary N) is 1. The van der Waals surface area contributed by atoms with Gasteiger partial charge >= 0.3 is 6.09 Å². The number of rotatable bonds is 10. The van der Waals surface area contributed by atoms with E-state index < -0.39 is 41.8 Å². The molecule has 7 aliphatic rings. The summed E-state index contributed by atoms with van der Waals surface area (Å²) in [5.74, 6) is -0.685. The Morgan fingerprint density at radius 3 is 2.34 bits per heavy atom. The van der Waals surface area contributed by atoms with Crippen molar-refractivity contribution in [3.05, 3.63) is 0 Å². The molecular weight excluding hydrogens is 560 g/mol. The third-order valence-corrected chi connectivity index (χ3v) is 13.3. The fraction of sp³-hybridized carbons (Fsp3) is 0.853. The molecule has 4 amide bonds. The minimum absolute atomic E-state index is 0.0193. The lowest BCUT2D eigenvalue weighted by atomic mass is 9.80. The number of Topliss-reactive ketones (excluding diaryl/α,β-unsaturated/α-hetero) is 1. The molecule has 6 saturated carbocycles.